The predicted octanol–water partition coefficient (Wildman–Crippen LogP) is 5.37. The molecule has 0 unspecified atom stereocenters. The van der Waals surface area contributed by atoms with Crippen LogP contribution in [0.25, 0.3) is 0 Å². The average molecular weight is 457 g/mol. The number of hydrogen-bond acceptors (Lipinski definition) is 5. The zero-order chi connectivity index (χ0) is 21.8. The minimum absolute atomic E-state index is 0.109. The van der Waals surface area contributed by atoms with E-state index in [0.29, 0.717) is 28.1 Å². The van der Waals surface area contributed by atoms with Gasteiger partial charge in [-0.05, 0) is 42.8 Å². The highest BCUT2D eigenvalue weighted by Gasteiger charge is 2.14. The highest BCUT2D eigenvalue weighted by Crippen LogP contribution is 2.28. The summed E-state index contributed by atoms with van der Waals surface area (Å²) in [6.45, 7) is 2.70. The van der Waals surface area contributed by atoms with Crippen molar-refractivity contribution < 1.29 is 13.9 Å². The Kier molecular flexibility index (Phi) is 6.25. The van der Waals surface area contributed by atoms with E-state index in [4.69, 9.17) is 32.4 Å². The Hall–Kier alpha value is -3.29. The Morgan fingerprint density at radius 3 is 2.84 bits per heavy atom. The van der Waals surface area contributed by atoms with Crippen LogP contribution in [-0.2, 0) is 13.2 Å². The fraction of sp³-hybridized carbons (Fsp3) is 0.136. The largest absolute Gasteiger partial charge is 0.484 e. The minimum atomic E-state index is -0.455. The molecule has 158 valence electrons. The summed E-state index contributed by atoms with van der Waals surface area (Å²) in [7, 11) is 0. The highest BCUT2D eigenvalue weighted by atomic mass is 35.5. The number of furan rings is 1. The lowest BCUT2D eigenvalue weighted by Crippen LogP contribution is -2.12. The SMILES string of the molecule is Cc1cccc(Cn2cnc(NC(=O)c3ccc(COc4ccc(Cl)cc4Cl)o3)n2)c1. The van der Waals surface area contributed by atoms with Gasteiger partial charge in [0.1, 0.15) is 24.4 Å². The number of nitrogens with zero attached hydrogens (tertiary/aromatic N) is 3. The zero-order valence-corrected chi connectivity index (χ0v) is 18.0. The van der Waals surface area contributed by atoms with E-state index in [0.717, 1.165) is 5.56 Å². The number of carbonyl (C=O) groups excluding carboxylic acids is 1. The van der Waals surface area contributed by atoms with Crippen molar-refractivity contribution in [2.24, 2.45) is 0 Å². The molecule has 0 radical (unpaired) electrons. The fourth-order valence-corrected chi connectivity index (χ4v) is 3.37. The molecular formula is C22H18Cl2N4O3. The van der Waals surface area contributed by atoms with Crippen LogP contribution in [0.15, 0.2) is 65.3 Å². The summed E-state index contributed by atoms with van der Waals surface area (Å²) >= 11 is 12.0. The van der Waals surface area contributed by atoms with E-state index in [2.05, 4.69) is 21.5 Å². The standard InChI is InChI=1S/C22H18Cl2N4O3/c1-14-3-2-4-15(9-14)11-28-13-25-22(27-28)26-21(29)20-8-6-17(31-20)12-30-19-7-5-16(23)10-18(19)24/h2-10,13H,11-12H2,1H3,(H,26,27,29). The molecule has 2 aromatic carbocycles. The molecule has 2 heterocycles. The van der Waals surface area contributed by atoms with Gasteiger partial charge in [0.2, 0.25) is 5.95 Å². The maximum atomic E-state index is 12.4. The van der Waals surface area contributed by atoms with Gasteiger partial charge in [-0.3, -0.25) is 10.1 Å². The molecule has 0 saturated heterocycles. The van der Waals surface area contributed by atoms with Gasteiger partial charge >= 0.3 is 0 Å². The number of rotatable bonds is 7. The number of nitrogens with one attached hydrogen (secondary N) is 1. The number of aryl methyl sites for hydroxylation is 1. The summed E-state index contributed by atoms with van der Waals surface area (Å²) in [6, 6.07) is 16.2. The van der Waals surface area contributed by atoms with Gasteiger partial charge in [-0.15, -0.1) is 5.10 Å². The molecule has 0 bridgehead atoms. The highest BCUT2D eigenvalue weighted by molar-refractivity contribution is 6.35. The van der Waals surface area contributed by atoms with Crippen molar-refractivity contribution in [2.45, 2.75) is 20.1 Å². The van der Waals surface area contributed by atoms with Crippen LogP contribution in [0.4, 0.5) is 5.95 Å². The lowest BCUT2D eigenvalue weighted by Gasteiger charge is -2.06. The number of hydrogen-bond donors (Lipinski definition) is 1. The van der Waals surface area contributed by atoms with Gasteiger partial charge in [-0.2, -0.15) is 0 Å². The van der Waals surface area contributed by atoms with Gasteiger partial charge < -0.3 is 9.15 Å². The number of anilines is 1. The molecule has 0 aliphatic rings. The lowest BCUT2D eigenvalue weighted by molar-refractivity contribution is 0.0991. The minimum Gasteiger partial charge on any atom is -0.484 e. The Labute approximate surface area is 188 Å². The molecule has 1 amide bonds. The van der Waals surface area contributed by atoms with E-state index in [1.54, 1.807) is 41.3 Å². The summed E-state index contributed by atoms with van der Waals surface area (Å²) in [4.78, 5) is 16.6. The lowest BCUT2D eigenvalue weighted by atomic mass is 10.1. The van der Waals surface area contributed by atoms with E-state index < -0.39 is 5.91 Å². The molecule has 4 aromatic rings. The van der Waals surface area contributed by atoms with Gasteiger partial charge in [0, 0.05) is 5.02 Å². The molecule has 31 heavy (non-hydrogen) atoms. The maximum absolute atomic E-state index is 12.4. The molecule has 0 spiro atoms. The van der Waals surface area contributed by atoms with Crippen molar-refractivity contribution in [3.63, 3.8) is 0 Å². The van der Waals surface area contributed by atoms with E-state index >= 15 is 0 Å². The van der Waals surface area contributed by atoms with Gasteiger partial charge in [-0.25, -0.2) is 9.67 Å². The third kappa shape index (κ3) is 5.45. The smallest absolute Gasteiger partial charge is 0.293 e. The van der Waals surface area contributed by atoms with Gasteiger partial charge in [-0.1, -0.05) is 53.0 Å². The van der Waals surface area contributed by atoms with Crippen LogP contribution in [-0.4, -0.2) is 20.7 Å². The van der Waals surface area contributed by atoms with E-state index in [-0.39, 0.29) is 18.3 Å². The molecule has 0 fully saturated rings. The van der Waals surface area contributed by atoms with Gasteiger partial charge in [0.25, 0.3) is 5.91 Å². The topological polar surface area (TPSA) is 82.2 Å². The van der Waals surface area contributed by atoms with Crippen molar-refractivity contribution >= 4 is 35.1 Å². The Morgan fingerprint density at radius 2 is 2.03 bits per heavy atom. The van der Waals surface area contributed by atoms with Gasteiger partial charge in [0.15, 0.2) is 5.76 Å². The summed E-state index contributed by atoms with van der Waals surface area (Å²) in [6.07, 6.45) is 1.56. The molecule has 0 aliphatic carbocycles. The number of aromatic nitrogens is 3. The van der Waals surface area contributed by atoms with E-state index in [1.165, 1.54) is 5.56 Å². The number of carbonyl (C=O) groups is 1. The molecule has 2 aromatic heterocycles. The first kappa shape index (κ1) is 21.0. The van der Waals surface area contributed by atoms with Crippen LogP contribution < -0.4 is 10.1 Å². The van der Waals surface area contributed by atoms with Crippen LogP contribution >= 0.6 is 23.2 Å². The van der Waals surface area contributed by atoms with Crippen LogP contribution in [0, 0.1) is 6.92 Å². The molecule has 1 N–H and O–H groups in total. The van der Waals surface area contributed by atoms with Crippen LogP contribution in [0.5, 0.6) is 5.75 Å². The summed E-state index contributed by atoms with van der Waals surface area (Å²) in [5.41, 5.74) is 2.27. The molecule has 0 atom stereocenters. The van der Waals surface area contributed by atoms with Crippen LogP contribution in [0.1, 0.15) is 27.4 Å². The number of amides is 1. The van der Waals surface area contributed by atoms with E-state index in [9.17, 15) is 4.79 Å². The number of benzene rings is 2. The first-order valence-corrected chi connectivity index (χ1v) is 10.1. The third-order valence-corrected chi connectivity index (χ3v) is 4.87. The second kappa shape index (κ2) is 9.24. The van der Waals surface area contributed by atoms with Crippen LogP contribution in [0.2, 0.25) is 10.0 Å². The Morgan fingerprint density at radius 1 is 1.16 bits per heavy atom. The second-order valence-corrected chi connectivity index (χ2v) is 7.68. The first-order valence-electron chi connectivity index (χ1n) is 9.39. The molecule has 0 saturated carbocycles. The van der Waals surface area contributed by atoms with Crippen molar-refractivity contribution in [3.05, 3.63) is 93.6 Å². The average Bonchev–Trinajstić information content (AvgIpc) is 3.37. The number of halogens is 2. The molecule has 9 heteroatoms. The third-order valence-electron chi connectivity index (χ3n) is 4.34. The maximum Gasteiger partial charge on any atom is 0.293 e. The van der Waals surface area contributed by atoms with Crippen molar-refractivity contribution in [2.75, 3.05) is 5.32 Å². The molecular weight excluding hydrogens is 439 g/mol. The van der Waals surface area contributed by atoms with Gasteiger partial charge in [0.05, 0.1) is 11.6 Å². The summed E-state index contributed by atoms with van der Waals surface area (Å²) < 4.78 is 12.8. The van der Waals surface area contributed by atoms with Crippen LogP contribution in [0.3, 0.4) is 0 Å². The first-order chi connectivity index (χ1) is 15.0. The number of ether oxygens (including phenoxy) is 1. The van der Waals surface area contributed by atoms with Crippen molar-refractivity contribution in [3.8, 4) is 5.75 Å². The predicted molar refractivity (Wildman–Crippen MR) is 118 cm³/mol. The summed E-state index contributed by atoms with van der Waals surface area (Å²) in [5.74, 6) is 0.797. The Balaban J connectivity index is 1.34. The summed E-state index contributed by atoms with van der Waals surface area (Å²) in [5, 5.41) is 7.82. The monoisotopic (exact) mass is 456 g/mol. The second-order valence-electron chi connectivity index (χ2n) is 6.84. The Bertz CT molecular complexity index is 1220. The van der Waals surface area contributed by atoms with E-state index in [1.807, 2.05) is 25.1 Å². The van der Waals surface area contributed by atoms with Crippen molar-refractivity contribution in [1.29, 1.82) is 0 Å². The zero-order valence-electron chi connectivity index (χ0n) is 16.5. The van der Waals surface area contributed by atoms with Crippen molar-refractivity contribution in [1.82, 2.24) is 14.8 Å². The quantitative estimate of drug-likeness (QED) is 0.404. The molecule has 4 rings (SSSR count). The fourth-order valence-electron chi connectivity index (χ4n) is 2.91. The molecule has 7 nitrogen and oxygen atoms in total. The normalized spacial score (nSPS) is 10.8. The molecule has 0 aliphatic heterocycles.